The lowest BCUT2D eigenvalue weighted by Gasteiger charge is -2.43. The molecule has 1 fully saturated rings. The van der Waals surface area contributed by atoms with Crippen molar-refractivity contribution < 1.29 is 24.1 Å². The molecule has 1 heterocycles. The van der Waals surface area contributed by atoms with Crippen molar-refractivity contribution in [3.63, 3.8) is 0 Å². The highest BCUT2D eigenvalue weighted by Crippen LogP contribution is 2.51. The van der Waals surface area contributed by atoms with Crippen LogP contribution in [0.4, 0.5) is 0 Å². The monoisotopic (exact) mass is 478 g/mol. The van der Waals surface area contributed by atoms with E-state index in [-0.39, 0.29) is 17.9 Å². The Labute approximate surface area is 198 Å². The Kier molecular flexibility index (Phi) is 8.10. The van der Waals surface area contributed by atoms with Gasteiger partial charge in [-0.25, -0.2) is 4.79 Å². The van der Waals surface area contributed by atoms with E-state index in [0.29, 0.717) is 27.1 Å². The summed E-state index contributed by atoms with van der Waals surface area (Å²) in [5.74, 6) is -0.297. The van der Waals surface area contributed by atoms with Gasteiger partial charge in [-0.05, 0) is 43.5 Å². The first-order chi connectivity index (χ1) is 15.2. The topological polar surface area (TPSA) is 65.0 Å². The van der Waals surface area contributed by atoms with Gasteiger partial charge in [-0.15, -0.1) is 0 Å². The van der Waals surface area contributed by atoms with Gasteiger partial charge in [0.15, 0.2) is 18.1 Å². The first-order valence-electron chi connectivity index (χ1n) is 10.5. The molecule has 0 aromatic heterocycles. The lowest BCUT2D eigenvalue weighted by molar-refractivity contribution is -0.139. The Morgan fingerprint density at radius 2 is 2.00 bits per heavy atom. The van der Waals surface area contributed by atoms with Crippen molar-refractivity contribution in [1.29, 1.82) is 0 Å². The van der Waals surface area contributed by atoms with Crippen LogP contribution in [0, 0.1) is 5.92 Å². The van der Waals surface area contributed by atoms with E-state index in [1.807, 2.05) is 25.1 Å². The number of rotatable bonds is 8. The average molecular weight is 479 g/mol. The molecule has 1 aliphatic rings. The summed E-state index contributed by atoms with van der Waals surface area (Å²) < 4.78 is 17.7. The van der Waals surface area contributed by atoms with Crippen molar-refractivity contribution >= 4 is 29.2 Å². The molecule has 172 valence electrons. The molecule has 0 aliphatic carbocycles. The highest BCUT2D eigenvalue weighted by atomic mass is 35.5. The molecule has 3 rings (SSSR count). The maximum atomic E-state index is 11.2. The zero-order valence-corrected chi connectivity index (χ0v) is 19.9. The maximum Gasteiger partial charge on any atom is 0.341 e. The lowest BCUT2D eigenvalue weighted by Crippen LogP contribution is -2.36. The molecule has 0 amide bonds. The quantitative estimate of drug-likeness (QED) is 0.428. The minimum atomic E-state index is -1.08. The second-order valence-corrected chi connectivity index (χ2v) is 8.94. The molecule has 32 heavy (non-hydrogen) atoms. The molecule has 5 nitrogen and oxygen atoms in total. The summed E-state index contributed by atoms with van der Waals surface area (Å²) >= 11 is 12.6. The molecular weight excluding hydrogens is 451 g/mol. The van der Waals surface area contributed by atoms with Crippen LogP contribution >= 0.6 is 23.2 Å². The minimum Gasteiger partial charge on any atom is -0.493 e. The highest BCUT2D eigenvalue weighted by Gasteiger charge is 2.41. The van der Waals surface area contributed by atoms with Crippen molar-refractivity contribution in [1.82, 2.24) is 0 Å². The number of methoxy groups -OCH3 is 1. The Bertz CT molecular complexity index is 990. The van der Waals surface area contributed by atoms with Gasteiger partial charge in [0.2, 0.25) is 0 Å². The number of carbonyl (C=O) groups is 1. The highest BCUT2D eigenvalue weighted by molar-refractivity contribution is 6.31. The van der Waals surface area contributed by atoms with Gasteiger partial charge in [0.05, 0.1) is 19.3 Å². The lowest BCUT2D eigenvalue weighted by atomic mass is 9.75. The number of carboxylic acid groups (broad SMARTS) is 1. The molecule has 1 aliphatic heterocycles. The van der Waals surface area contributed by atoms with Gasteiger partial charge in [-0.2, -0.15) is 0 Å². The van der Waals surface area contributed by atoms with E-state index < -0.39 is 18.7 Å². The summed E-state index contributed by atoms with van der Waals surface area (Å²) in [4.78, 5) is 11.2. The van der Waals surface area contributed by atoms with Crippen molar-refractivity contribution in [2.75, 3.05) is 13.7 Å². The van der Waals surface area contributed by atoms with Gasteiger partial charge < -0.3 is 19.3 Å². The van der Waals surface area contributed by atoms with Crippen LogP contribution in [0.3, 0.4) is 0 Å². The largest absolute Gasteiger partial charge is 0.493 e. The Hall–Kier alpha value is -2.21. The van der Waals surface area contributed by atoms with Crippen molar-refractivity contribution in [3.05, 3.63) is 69.7 Å². The van der Waals surface area contributed by atoms with Crippen molar-refractivity contribution in [2.24, 2.45) is 5.92 Å². The molecule has 0 bridgehead atoms. The number of halogens is 2. The van der Waals surface area contributed by atoms with E-state index in [1.165, 1.54) is 7.11 Å². The van der Waals surface area contributed by atoms with Gasteiger partial charge in [-0.1, -0.05) is 54.4 Å². The van der Waals surface area contributed by atoms with E-state index in [0.717, 1.165) is 24.0 Å². The van der Waals surface area contributed by atoms with Crippen LogP contribution in [0.5, 0.6) is 11.5 Å². The summed E-state index contributed by atoms with van der Waals surface area (Å²) in [5, 5.41) is 10.3. The first kappa shape index (κ1) is 24.4. The molecule has 2 aromatic rings. The number of aliphatic carboxylic acids is 1. The number of hydrogen-bond acceptors (Lipinski definition) is 4. The Morgan fingerprint density at radius 1 is 1.25 bits per heavy atom. The van der Waals surface area contributed by atoms with E-state index in [4.69, 9.17) is 42.5 Å². The third-order valence-electron chi connectivity index (χ3n) is 5.87. The summed E-state index contributed by atoms with van der Waals surface area (Å²) in [6.07, 6.45) is 1.10. The Morgan fingerprint density at radius 3 is 2.59 bits per heavy atom. The maximum absolute atomic E-state index is 11.2. The summed E-state index contributed by atoms with van der Waals surface area (Å²) in [5.41, 5.74) is 2.74. The second-order valence-electron chi connectivity index (χ2n) is 8.06. The zero-order valence-electron chi connectivity index (χ0n) is 18.4. The second kappa shape index (κ2) is 10.6. The predicted molar refractivity (Wildman–Crippen MR) is 126 cm³/mol. The van der Waals surface area contributed by atoms with Crippen LogP contribution in [0.2, 0.25) is 10.0 Å². The van der Waals surface area contributed by atoms with E-state index in [9.17, 15) is 4.79 Å². The Balaban J connectivity index is 2.06. The van der Waals surface area contributed by atoms with Crippen LogP contribution in [-0.4, -0.2) is 30.9 Å². The minimum absolute atomic E-state index is 0.0443. The number of ether oxygens (including phenoxy) is 3. The molecule has 0 saturated carbocycles. The predicted octanol–water partition coefficient (Wildman–Crippen LogP) is 6.68. The fourth-order valence-electron chi connectivity index (χ4n) is 4.39. The standard InChI is InChI=1S/C25H28Cl2O5/c1-5-21-19(15-7-6-8-16(26)9-15)12-18(14(2)3)24(32-21)20-10-17(27)11-22(30-4)25(20)31-13-23(28)29/h6-11,18-19,21,24H,2,5,12-13H2,1,3-4H3,(H,28,29)/t18-,19-,21+,24+/m1/s1. The molecule has 4 atom stereocenters. The molecule has 1 N–H and O–H groups in total. The van der Waals surface area contributed by atoms with Gasteiger partial charge in [0, 0.05) is 33.5 Å². The van der Waals surface area contributed by atoms with E-state index in [2.05, 4.69) is 19.6 Å². The summed E-state index contributed by atoms with van der Waals surface area (Å²) in [6.45, 7) is 7.77. The van der Waals surface area contributed by atoms with Crippen molar-refractivity contribution in [2.45, 2.75) is 44.8 Å². The van der Waals surface area contributed by atoms with Crippen LogP contribution in [0.15, 0.2) is 48.6 Å². The zero-order chi connectivity index (χ0) is 23.4. The average Bonchev–Trinajstić information content (AvgIpc) is 2.76. The van der Waals surface area contributed by atoms with Gasteiger partial charge in [-0.3, -0.25) is 0 Å². The molecule has 0 spiro atoms. The van der Waals surface area contributed by atoms with Crippen LogP contribution in [-0.2, 0) is 9.53 Å². The van der Waals surface area contributed by atoms with Crippen LogP contribution in [0.1, 0.15) is 49.8 Å². The number of carboxylic acids is 1. The van der Waals surface area contributed by atoms with Crippen LogP contribution in [0.25, 0.3) is 0 Å². The molecule has 0 unspecified atom stereocenters. The fraction of sp³-hybridized carbons (Fsp3) is 0.400. The fourth-order valence-corrected chi connectivity index (χ4v) is 4.80. The van der Waals surface area contributed by atoms with Gasteiger partial charge in [0.25, 0.3) is 0 Å². The molecular formula is C25H28Cl2O5. The normalized spacial score (nSPS) is 22.9. The smallest absolute Gasteiger partial charge is 0.341 e. The number of hydrogen-bond donors (Lipinski definition) is 1. The first-order valence-corrected chi connectivity index (χ1v) is 11.3. The third-order valence-corrected chi connectivity index (χ3v) is 6.32. The van der Waals surface area contributed by atoms with Crippen molar-refractivity contribution in [3.8, 4) is 11.5 Å². The number of benzene rings is 2. The SMILES string of the molecule is C=C(C)[C@H]1C[C@H](c2cccc(Cl)c2)[C@H](CC)O[C@@H]1c1cc(Cl)cc(OC)c1OCC(=O)O. The van der Waals surface area contributed by atoms with Crippen LogP contribution < -0.4 is 9.47 Å². The molecule has 7 heteroatoms. The molecule has 1 saturated heterocycles. The summed E-state index contributed by atoms with van der Waals surface area (Å²) in [7, 11) is 1.49. The third kappa shape index (κ3) is 5.40. The molecule has 0 radical (unpaired) electrons. The van der Waals surface area contributed by atoms with Gasteiger partial charge in [0.1, 0.15) is 0 Å². The van der Waals surface area contributed by atoms with E-state index >= 15 is 0 Å². The van der Waals surface area contributed by atoms with E-state index in [1.54, 1.807) is 12.1 Å². The molecule has 2 aromatic carbocycles. The van der Waals surface area contributed by atoms with Gasteiger partial charge >= 0.3 is 5.97 Å². The summed E-state index contributed by atoms with van der Waals surface area (Å²) in [6, 6.07) is 11.2.